The second-order valence-corrected chi connectivity index (χ2v) is 4.81. The largest absolute Gasteiger partial charge is 0.399 e. The van der Waals surface area contributed by atoms with Crippen LogP contribution in [-0.2, 0) is 6.54 Å². The predicted octanol–water partition coefficient (Wildman–Crippen LogP) is 3.28. The second kappa shape index (κ2) is 4.58. The molecule has 1 aromatic carbocycles. The van der Waals surface area contributed by atoms with Crippen molar-refractivity contribution in [3.05, 3.63) is 46.2 Å². The van der Waals surface area contributed by atoms with Crippen LogP contribution in [0.1, 0.15) is 11.1 Å². The molecule has 0 radical (unpaired) electrons. The van der Waals surface area contributed by atoms with Crippen molar-refractivity contribution in [1.82, 2.24) is 0 Å². The Morgan fingerprint density at radius 3 is 2.81 bits per heavy atom. The fourth-order valence-electron chi connectivity index (χ4n) is 1.78. The van der Waals surface area contributed by atoms with E-state index in [0.717, 1.165) is 12.2 Å². The highest BCUT2D eigenvalue weighted by atomic mass is 32.1. The van der Waals surface area contributed by atoms with Gasteiger partial charge >= 0.3 is 0 Å². The van der Waals surface area contributed by atoms with E-state index in [4.69, 9.17) is 5.73 Å². The summed E-state index contributed by atoms with van der Waals surface area (Å²) in [5, 5.41) is 4.29. The van der Waals surface area contributed by atoms with E-state index in [9.17, 15) is 0 Å². The first-order valence-corrected chi connectivity index (χ1v) is 6.19. The van der Waals surface area contributed by atoms with Crippen molar-refractivity contribution in [3.8, 4) is 0 Å². The van der Waals surface area contributed by atoms with Crippen LogP contribution in [0, 0.1) is 6.92 Å². The molecule has 2 rings (SSSR count). The van der Waals surface area contributed by atoms with E-state index in [1.165, 1.54) is 16.8 Å². The summed E-state index contributed by atoms with van der Waals surface area (Å²) in [5.41, 5.74) is 10.4. The van der Waals surface area contributed by atoms with Crippen molar-refractivity contribution in [2.45, 2.75) is 13.5 Å². The zero-order valence-corrected chi connectivity index (χ0v) is 10.4. The number of nitrogens with zero attached hydrogens (tertiary/aromatic N) is 1. The normalized spacial score (nSPS) is 10.4. The highest BCUT2D eigenvalue weighted by Gasteiger charge is 2.05. The standard InChI is InChI=1S/C13H16N2S/c1-10-3-4-12(14)7-13(10)15(2)8-11-5-6-16-9-11/h3-7,9H,8,14H2,1-2H3. The summed E-state index contributed by atoms with van der Waals surface area (Å²) in [6.07, 6.45) is 0. The first-order chi connectivity index (χ1) is 7.66. The van der Waals surface area contributed by atoms with Crippen molar-refractivity contribution in [1.29, 1.82) is 0 Å². The van der Waals surface area contributed by atoms with Gasteiger partial charge in [-0.2, -0.15) is 11.3 Å². The van der Waals surface area contributed by atoms with Gasteiger partial charge in [-0.25, -0.2) is 0 Å². The molecule has 2 aromatic rings. The number of hydrogen-bond donors (Lipinski definition) is 1. The molecule has 1 heterocycles. The molecule has 0 fully saturated rings. The van der Waals surface area contributed by atoms with Crippen LogP contribution in [0.15, 0.2) is 35.0 Å². The molecule has 0 bridgehead atoms. The van der Waals surface area contributed by atoms with Crippen LogP contribution in [0.5, 0.6) is 0 Å². The molecule has 0 saturated heterocycles. The Kier molecular flexibility index (Phi) is 3.15. The van der Waals surface area contributed by atoms with E-state index >= 15 is 0 Å². The zero-order valence-electron chi connectivity index (χ0n) is 9.60. The predicted molar refractivity (Wildman–Crippen MR) is 72.0 cm³/mol. The fraction of sp³-hybridized carbons (Fsp3) is 0.231. The van der Waals surface area contributed by atoms with Gasteiger partial charge in [0.2, 0.25) is 0 Å². The van der Waals surface area contributed by atoms with Gasteiger partial charge in [-0.15, -0.1) is 0 Å². The Morgan fingerprint density at radius 1 is 1.31 bits per heavy atom. The summed E-state index contributed by atoms with van der Waals surface area (Å²) in [7, 11) is 2.10. The molecule has 0 saturated carbocycles. The maximum Gasteiger partial charge on any atom is 0.0434 e. The number of rotatable bonds is 3. The molecule has 0 atom stereocenters. The first-order valence-electron chi connectivity index (χ1n) is 5.25. The molecule has 84 valence electrons. The van der Waals surface area contributed by atoms with Gasteiger partial charge in [0.1, 0.15) is 0 Å². The van der Waals surface area contributed by atoms with Crippen molar-refractivity contribution < 1.29 is 0 Å². The summed E-state index contributed by atoms with van der Waals surface area (Å²) < 4.78 is 0. The van der Waals surface area contributed by atoms with E-state index in [2.05, 4.69) is 41.8 Å². The van der Waals surface area contributed by atoms with Gasteiger partial charge in [0.05, 0.1) is 0 Å². The molecule has 0 aliphatic carbocycles. The zero-order chi connectivity index (χ0) is 11.5. The van der Waals surface area contributed by atoms with Gasteiger partial charge < -0.3 is 10.6 Å². The Hall–Kier alpha value is -1.48. The number of anilines is 2. The average molecular weight is 232 g/mol. The van der Waals surface area contributed by atoms with Crippen LogP contribution in [0.3, 0.4) is 0 Å². The Labute approximate surface area is 100 Å². The van der Waals surface area contributed by atoms with Crippen molar-refractivity contribution in [2.24, 2.45) is 0 Å². The van der Waals surface area contributed by atoms with E-state index < -0.39 is 0 Å². The number of hydrogen-bond acceptors (Lipinski definition) is 3. The molecule has 0 unspecified atom stereocenters. The van der Waals surface area contributed by atoms with Gasteiger partial charge in [0, 0.05) is 25.0 Å². The monoisotopic (exact) mass is 232 g/mol. The van der Waals surface area contributed by atoms with E-state index in [1.807, 2.05) is 12.1 Å². The maximum absolute atomic E-state index is 5.81. The van der Waals surface area contributed by atoms with Gasteiger partial charge in [-0.1, -0.05) is 6.07 Å². The van der Waals surface area contributed by atoms with Crippen LogP contribution >= 0.6 is 11.3 Å². The summed E-state index contributed by atoms with van der Waals surface area (Å²) in [5.74, 6) is 0. The van der Waals surface area contributed by atoms with Crippen LogP contribution in [-0.4, -0.2) is 7.05 Å². The molecular weight excluding hydrogens is 216 g/mol. The molecule has 0 amide bonds. The minimum Gasteiger partial charge on any atom is -0.399 e. The number of benzene rings is 1. The van der Waals surface area contributed by atoms with Gasteiger partial charge in [0.15, 0.2) is 0 Å². The Morgan fingerprint density at radius 2 is 2.12 bits per heavy atom. The van der Waals surface area contributed by atoms with Crippen molar-refractivity contribution in [3.63, 3.8) is 0 Å². The molecule has 3 heteroatoms. The van der Waals surface area contributed by atoms with Gasteiger partial charge in [-0.3, -0.25) is 0 Å². The summed E-state index contributed by atoms with van der Waals surface area (Å²) >= 11 is 1.73. The lowest BCUT2D eigenvalue weighted by molar-refractivity contribution is 0.922. The van der Waals surface area contributed by atoms with E-state index in [0.29, 0.717) is 0 Å². The molecule has 1 aromatic heterocycles. The lowest BCUT2D eigenvalue weighted by Gasteiger charge is -2.21. The number of nitrogen functional groups attached to an aromatic ring is 1. The number of thiophene rings is 1. The van der Waals surface area contributed by atoms with E-state index in [1.54, 1.807) is 11.3 Å². The SMILES string of the molecule is Cc1ccc(N)cc1N(C)Cc1ccsc1. The highest BCUT2D eigenvalue weighted by molar-refractivity contribution is 7.07. The topological polar surface area (TPSA) is 29.3 Å². The number of nitrogens with two attached hydrogens (primary N) is 1. The molecular formula is C13H16N2S. The lowest BCUT2D eigenvalue weighted by Crippen LogP contribution is -2.17. The Balaban J connectivity index is 2.20. The molecule has 16 heavy (non-hydrogen) atoms. The van der Waals surface area contributed by atoms with Crippen LogP contribution in [0.25, 0.3) is 0 Å². The van der Waals surface area contributed by atoms with Gasteiger partial charge in [-0.05, 0) is 47.0 Å². The average Bonchev–Trinajstić information content (AvgIpc) is 2.74. The maximum atomic E-state index is 5.81. The van der Waals surface area contributed by atoms with Crippen molar-refractivity contribution in [2.75, 3.05) is 17.7 Å². The van der Waals surface area contributed by atoms with Crippen molar-refractivity contribution >= 4 is 22.7 Å². The lowest BCUT2D eigenvalue weighted by atomic mass is 10.1. The van der Waals surface area contributed by atoms with Crippen LogP contribution < -0.4 is 10.6 Å². The van der Waals surface area contributed by atoms with Gasteiger partial charge in [0.25, 0.3) is 0 Å². The third-order valence-corrected chi connectivity index (χ3v) is 3.38. The fourth-order valence-corrected chi connectivity index (χ4v) is 2.44. The summed E-state index contributed by atoms with van der Waals surface area (Å²) in [6, 6.07) is 8.19. The number of aryl methyl sites for hydroxylation is 1. The highest BCUT2D eigenvalue weighted by Crippen LogP contribution is 2.23. The minimum atomic E-state index is 0.817. The first kappa shape index (κ1) is 11.0. The second-order valence-electron chi connectivity index (χ2n) is 4.03. The smallest absolute Gasteiger partial charge is 0.0434 e. The van der Waals surface area contributed by atoms with E-state index in [-0.39, 0.29) is 0 Å². The molecule has 2 N–H and O–H groups in total. The molecule has 2 nitrogen and oxygen atoms in total. The summed E-state index contributed by atoms with van der Waals surface area (Å²) in [4.78, 5) is 2.23. The molecule has 0 aliphatic rings. The molecule has 0 aliphatic heterocycles. The third kappa shape index (κ3) is 2.36. The third-order valence-electron chi connectivity index (χ3n) is 2.64. The molecule has 0 spiro atoms. The summed E-state index contributed by atoms with van der Waals surface area (Å²) in [6.45, 7) is 3.03. The quantitative estimate of drug-likeness (QED) is 0.823. The Bertz CT molecular complexity index is 463. The van der Waals surface area contributed by atoms with Crippen LogP contribution in [0.2, 0.25) is 0 Å². The van der Waals surface area contributed by atoms with Crippen LogP contribution in [0.4, 0.5) is 11.4 Å². The minimum absolute atomic E-state index is 0.817.